The van der Waals surface area contributed by atoms with Gasteiger partial charge in [0.15, 0.2) is 11.3 Å². The SMILES string of the molecule is CC1(C)OB(c2ccc(-c3ccccc3)nc2)OC1(C)C.C[Si](C)(C)CCOCN(COCC[Si](C)(C)C)c1cc(C2CC3CCC(C3)C2)nc2c(-c3ccc(-c4ccccc4)nc3)cnn12.C[Si](C)(C)CCOCN(COCC[Si](C)(C)C)c1cc(C2CC3CCC(C3)C2)nc2c(I)cnn12. The third-order valence-electron chi connectivity index (χ3n) is 21.7. The van der Waals surface area contributed by atoms with Gasteiger partial charge in [0.05, 0.1) is 38.6 Å². The lowest BCUT2D eigenvalue weighted by molar-refractivity contribution is 0.00578. The van der Waals surface area contributed by atoms with Crippen LogP contribution in [0.1, 0.15) is 115 Å². The van der Waals surface area contributed by atoms with E-state index in [0.717, 1.165) is 128 Å². The van der Waals surface area contributed by atoms with Crippen molar-refractivity contribution in [2.45, 2.75) is 218 Å². The Bertz CT molecular complexity index is 3890. The molecular formula is C80H118BIN10O6Si4. The van der Waals surface area contributed by atoms with Crippen LogP contribution in [0.15, 0.2) is 122 Å². The topological polar surface area (TPSA) is 148 Å². The van der Waals surface area contributed by atoms with Crippen molar-refractivity contribution in [3.8, 4) is 33.6 Å². The lowest BCUT2D eigenvalue weighted by atomic mass is 9.79. The monoisotopic (exact) mass is 1560 g/mol. The molecule has 5 aliphatic rings. The first kappa shape index (κ1) is 78.1. The molecule has 4 unspecified atom stereocenters. The van der Waals surface area contributed by atoms with Crippen LogP contribution < -0.4 is 15.3 Å². The molecule has 13 rings (SSSR count). The molecule has 1 aliphatic heterocycles. The number of fused-ring (bicyclic) bond motifs is 6. The Balaban J connectivity index is 0.000000164. The zero-order valence-electron chi connectivity index (χ0n) is 64.4. The van der Waals surface area contributed by atoms with Crippen LogP contribution in [0.25, 0.3) is 44.9 Å². The third-order valence-corrected chi connectivity index (χ3v) is 29.2. The van der Waals surface area contributed by atoms with Crippen LogP contribution in [0.2, 0.25) is 103 Å². The van der Waals surface area contributed by atoms with E-state index >= 15 is 0 Å². The van der Waals surface area contributed by atoms with Gasteiger partial charge in [0.2, 0.25) is 0 Å². The number of rotatable bonds is 28. The zero-order chi connectivity index (χ0) is 72.6. The van der Waals surface area contributed by atoms with Crippen molar-refractivity contribution < 1.29 is 28.3 Å². The molecule has 0 N–H and O–H groups in total. The van der Waals surface area contributed by atoms with Crippen molar-refractivity contribution in [1.82, 2.24) is 39.2 Å². The molecule has 5 fully saturated rings. The van der Waals surface area contributed by atoms with E-state index in [9.17, 15) is 0 Å². The average molecular weight is 1570 g/mol. The molecule has 1 saturated heterocycles. The minimum atomic E-state index is -1.21. The Kier molecular flexibility index (Phi) is 25.9. The third kappa shape index (κ3) is 21.4. The van der Waals surface area contributed by atoms with E-state index in [4.69, 9.17) is 53.4 Å². The number of ether oxygens (including phenoxy) is 4. The highest BCUT2D eigenvalue weighted by molar-refractivity contribution is 14.1. The van der Waals surface area contributed by atoms with Gasteiger partial charge in [-0.25, -0.2) is 9.97 Å². The molecule has 4 bridgehead atoms. The van der Waals surface area contributed by atoms with Gasteiger partial charge in [0.25, 0.3) is 0 Å². The summed E-state index contributed by atoms with van der Waals surface area (Å²) in [7, 11) is -5.05. The van der Waals surface area contributed by atoms with Gasteiger partial charge in [-0.2, -0.15) is 19.2 Å². The molecule has 4 atom stereocenters. The standard InChI is InChI=1S/C37H53N5O2Si2.C26H45IN4O2Si2.C17H20BNO2/c1-45(2,3)18-16-43-26-41(27-44-17-19-46(4,5)6)36-23-35(32-21-28-12-13-29(20-28)22-32)40-37-33(25-39-42(36)37)31-14-15-34(38-24-31)30-10-8-7-9-11-30;1-34(2,3)11-9-32-18-30(19-33-10-12-35(4,5)6)25-16-24(29-26-23(27)17-28-31(25)26)22-14-20-7-8-21(13-20)15-22;1-16(2)17(3,4)21-18(20-16)14-10-11-15(19-12-14)13-8-6-5-7-9-13/h7-11,14-15,23-25,28-29,32H,12-13,16-22,26-27H2,1-6H3;16-17,20-22H,7-15,18-19H2,1-6H3;5-12H,1-4H3. The number of halogens is 1. The van der Waals surface area contributed by atoms with E-state index in [1.807, 2.05) is 70.2 Å². The van der Waals surface area contributed by atoms with Crippen molar-refractivity contribution in [3.63, 3.8) is 0 Å². The van der Waals surface area contributed by atoms with Crippen LogP contribution in [-0.4, -0.2) is 143 Å². The van der Waals surface area contributed by atoms with Crippen LogP contribution in [0.3, 0.4) is 0 Å². The predicted octanol–water partition coefficient (Wildman–Crippen LogP) is 19.3. The Morgan fingerprint density at radius 2 is 0.843 bits per heavy atom. The van der Waals surface area contributed by atoms with Gasteiger partial charge >= 0.3 is 7.12 Å². The summed E-state index contributed by atoms with van der Waals surface area (Å²) in [6.07, 6.45) is 21.1. The fourth-order valence-electron chi connectivity index (χ4n) is 14.7. The predicted molar refractivity (Wildman–Crippen MR) is 439 cm³/mol. The normalized spacial score (nSPS) is 20.9. The second-order valence-corrected chi connectivity index (χ2v) is 59.4. The molecule has 6 aromatic heterocycles. The largest absolute Gasteiger partial charge is 0.496 e. The fourth-order valence-corrected chi connectivity index (χ4v) is 18.2. The summed E-state index contributed by atoms with van der Waals surface area (Å²) in [6, 6.07) is 37.9. The van der Waals surface area contributed by atoms with Crippen molar-refractivity contribution in [2.75, 3.05) is 63.2 Å². The van der Waals surface area contributed by atoms with E-state index in [0.29, 0.717) is 38.8 Å². The molecule has 0 amide bonds. The van der Waals surface area contributed by atoms with Crippen LogP contribution >= 0.6 is 22.6 Å². The molecule has 0 radical (unpaired) electrons. The number of aromatic nitrogens is 8. The zero-order valence-corrected chi connectivity index (χ0v) is 70.6. The van der Waals surface area contributed by atoms with E-state index in [1.165, 1.54) is 87.7 Å². The molecule has 550 valence electrons. The highest BCUT2D eigenvalue weighted by Crippen LogP contribution is 2.50. The van der Waals surface area contributed by atoms with Gasteiger partial charge < -0.3 is 38.1 Å². The summed E-state index contributed by atoms with van der Waals surface area (Å²) >= 11 is 2.37. The Morgan fingerprint density at radius 1 is 0.461 bits per heavy atom. The number of benzene rings is 2. The van der Waals surface area contributed by atoms with Crippen LogP contribution in [0.4, 0.5) is 11.6 Å². The van der Waals surface area contributed by atoms with Crippen molar-refractivity contribution >= 4 is 90.4 Å². The van der Waals surface area contributed by atoms with Crippen LogP contribution in [0.5, 0.6) is 0 Å². The minimum Gasteiger partial charge on any atom is -0.399 e. The first-order valence-corrected chi connectivity index (χ1v) is 53.9. The smallest absolute Gasteiger partial charge is 0.399 e. The summed E-state index contributed by atoms with van der Waals surface area (Å²) in [5.41, 5.74) is 10.7. The highest BCUT2D eigenvalue weighted by atomic mass is 127. The van der Waals surface area contributed by atoms with E-state index in [2.05, 4.69) is 204 Å². The van der Waals surface area contributed by atoms with Crippen LogP contribution in [-0.2, 0) is 28.3 Å². The fraction of sp³-hybridized carbons (Fsp3) is 0.575. The molecule has 2 aromatic carbocycles. The Labute approximate surface area is 628 Å². The van der Waals surface area contributed by atoms with E-state index in [-0.39, 0.29) is 18.3 Å². The Hall–Kier alpha value is -5.00. The number of hydrogen-bond donors (Lipinski definition) is 0. The summed E-state index contributed by atoms with van der Waals surface area (Å²) in [6.45, 7) is 42.1. The van der Waals surface area contributed by atoms with Gasteiger partial charge in [-0.1, -0.05) is 177 Å². The molecule has 0 spiro atoms. The summed E-state index contributed by atoms with van der Waals surface area (Å²) in [5.74, 6) is 6.50. The van der Waals surface area contributed by atoms with Gasteiger partial charge in [-0.05, 0) is 149 Å². The number of anilines is 2. The van der Waals surface area contributed by atoms with Gasteiger partial charge in [-0.3, -0.25) is 9.97 Å². The minimum absolute atomic E-state index is 0.324. The molecule has 4 saturated carbocycles. The number of pyridine rings is 2. The van der Waals surface area contributed by atoms with Crippen molar-refractivity contribution in [2.24, 2.45) is 23.7 Å². The van der Waals surface area contributed by atoms with Gasteiger partial charge in [-0.15, -0.1) is 0 Å². The van der Waals surface area contributed by atoms with Gasteiger partial charge in [0, 0.05) is 134 Å². The molecule has 22 heteroatoms. The van der Waals surface area contributed by atoms with Crippen molar-refractivity contribution in [1.29, 1.82) is 0 Å². The summed E-state index contributed by atoms with van der Waals surface area (Å²) in [5, 5.41) is 9.66. The maximum Gasteiger partial charge on any atom is 0.496 e. The van der Waals surface area contributed by atoms with Crippen molar-refractivity contribution in [3.05, 3.63) is 137 Å². The molecular weight excluding hydrogens is 1450 g/mol. The maximum atomic E-state index is 6.37. The quantitative estimate of drug-likeness (QED) is 0.0198. The molecule has 7 heterocycles. The van der Waals surface area contributed by atoms with Gasteiger partial charge in [0.1, 0.15) is 38.6 Å². The average Bonchev–Trinajstić information content (AvgIpc) is 1.59. The number of nitrogens with zero attached hydrogens (tertiary/aromatic N) is 10. The lowest BCUT2D eigenvalue weighted by Crippen LogP contribution is -2.41. The molecule has 4 aliphatic carbocycles. The summed E-state index contributed by atoms with van der Waals surface area (Å²) < 4.78 is 42.4. The van der Waals surface area contributed by atoms with Crippen LogP contribution in [0, 0.1) is 27.2 Å². The second-order valence-electron chi connectivity index (χ2n) is 35.7. The number of hydrogen-bond acceptors (Lipinski definition) is 14. The van der Waals surface area contributed by atoms with E-state index in [1.54, 1.807) is 0 Å². The first-order chi connectivity index (χ1) is 48.4. The molecule has 16 nitrogen and oxygen atoms in total. The maximum absolute atomic E-state index is 6.37. The second kappa shape index (κ2) is 33.8. The highest BCUT2D eigenvalue weighted by Gasteiger charge is 2.52. The Morgan fingerprint density at radius 3 is 1.23 bits per heavy atom. The lowest BCUT2D eigenvalue weighted by Gasteiger charge is -2.32. The first-order valence-electron chi connectivity index (χ1n) is 38.0. The summed E-state index contributed by atoms with van der Waals surface area (Å²) in [4.78, 5) is 24.4. The molecule has 102 heavy (non-hydrogen) atoms. The molecule has 8 aromatic rings. The van der Waals surface area contributed by atoms with E-state index < -0.39 is 32.3 Å².